The highest BCUT2D eigenvalue weighted by Gasteiger charge is 2.32. The lowest BCUT2D eigenvalue weighted by atomic mass is 10.2. The number of hydrogen-bond donors (Lipinski definition) is 0. The zero-order chi connectivity index (χ0) is 20.4. The van der Waals surface area contributed by atoms with Gasteiger partial charge in [0.25, 0.3) is 11.6 Å². The van der Waals surface area contributed by atoms with Gasteiger partial charge in [-0.15, -0.1) is 0 Å². The molecule has 1 aromatic heterocycles. The van der Waals surface area contributed by atoms with Crippen molar-refractivity contribution in [3.8, 4) is 5.69 Å². The lowest BCUT2D eigenvalue weighted by molar-refractivity contribution is -0.384. The molecule has 2 heterocycles. The lowest BCUT2D eigenvalue weighted by Crippen LogP contribution is -2.27. The monoisotopic (exact) mass is 422 g/mol. The summed E-state index contributed by atoms with van der Waals surface area (Å²) in [5.41, 5.74) is 2.45. The minimum atomic E-state index is -0.449. The minimum Gasteiger partial charge on any atom is -0.288 e. The molecule has 1 saturated heterocycles. The summed E-state index contributed by atoms with van der Waals surface area (Å²) in [6, 6.07) is 15.8. The molecule has 0 radical (unpaired) electrons. The highest BCUT2D eigenvalue weighted by molar-refractivity contribution is 8.26. The summed E-state index contributed by atoms with van der Waals surface area (Å²) < 4.78 is 2.12. The predicted molar refractivity (Wildman–Crippen MR) is 115 cm³/mol. The van der Waals surface area contributed by atoms with Crippen molar-refractivity contribution >= 4 is 46.0 Å². The van der Waals surface area contributed by atoms with Gasteiger partial charge < -0.3 is 0 Å². The largest absolute Gasteiger partial charge is 0.288 e. The maximum Gasteiger partial charge on any atom is 0.269 e. The number of carbonyl (C=O) groups is 1. The van der Waals surface area contributed by atoms with Crippen molar-refractivity contribution in [3.63, 3.8) is 0 Å². The summed E-state index contributed by atoms with van der Waals surface area (Å²) in [4.78, 5) is 25.2. The Kier molecular flexibility index (Phi) is 5.24. The van der Waals surface area contributed by atoms with E-state index in [1.165, 1.54) is 23.9 Å². The lowest BCUT2D eigenvalue weighted by Gasteiger charge is -2.14. The summed E-state index contributed by atoms with van der Waals surface area (Å²) in [7, 11) is 0. The fraction of sp³-hybridized carbons (Fsp3) is 0.0500. The number of rotatable bonds is 5. The molecular formula is C20H14N4O3S2. The van der Waals surface area contributed by atoms with Crippen molar-refractivity contribution in [2.24, 2.45) is 0 Å². The second-order valence-electron chi connectivity index (χ2n) is 6.25. The molecule has 1 aliphatic rings. The first kappa shape index (κ1) is 19.0. The van der Waals surface area contributed by atoms with Crippen LogP contribution >= 0.6 is 24.0 Å². The van der Waals surface area contributed by atoms with E-state index in [4.69, 9.17) is 12.2 Å². The van der Waals surface area contributed by atoms with Gasteiger partial charge in [0, 0.05) is 23.9 Å². The van der Waals surface area contributed by atoms with Crippen LogP contribution < -0.4 is 0 Å². The topological polar surface area (TPSA) is 81.3 Å². The van der Waals surface area contributed by atoms with Gasteiger partial charge in [-0.3, -0.25) is 19.8 Å². The second kappa shape index (κ2) is 7.98. The molecule has 0 spiro atoms. The van der Waals surface area contributed by atoms with Crippen molar-refractivity contribution in [1.29, 1.82) is 0 Å². The van der Waals surface area contributed by atoms with E-state index in [9.17, 15) is 14.9 Å². The maximum atomic E-state index is 12.8. The quantitative estimate of drug-likeness (QED) is 0.266. The number of nitro benzene ring substituents is 1. The molecule has 9 heteroatoms. The fourth-order valence-electron chi connectivity index (χ4n) is 2.83. The minimum absolute atomic E-state index is 0.0169. The highest BCUT2D eigenvalue weighted by Crippen LogP contribution is 2.33. The molecule has 0 saturated carbocycles. The number of non-ortho nitro benzene ring substituents is 1. The number of amides is 1. The van der Waals surface area contributed by atoms with Crippen molar-refractivity contribution in [3.05, 3.63) is 93.1 Å². The standard InChI is InChI=1S/C20H14N4O3S2/c25-19-18(29-20(28)22(19)12-14-4-2-1-3-5-14)10-15-11-21-23(13-15)16-6-8-17(9-7-16)24(26)27/h1-11,13H,12H2/b18-10-. The van der Waals surface area contributed by atoms with E-state index in [1.54, 1.807) is 40.2 Å². The smallest absolute Gasteiger partial charge is 0.269 e. The van der Waals surface area contributed by atoms with Crippen LogP contribution in [0.3, 0.4) is 0 Å². The molecule has 144 valence electrons. The number of hydrogen-bond acceptors (Lipinski definition) is 6. The van der Waals surface area contributed by atoms with Crippen molar-refractivity contribution < 1.29 is 9.72 Å². The van der Waals surface area contributed by atoms with Gasteiger partial charge in [0.05, 0.1) is 28.3 Å². The summed E-state index contributed by atoms with van der Waals surface area (Å²) in [5, 5.41) is 15.0. The van der Waals surface area contributed by atoms with Crippen molar-refractivity contribution in [1.82, 2.24) is 14.7 Å². The Labute approximate surface area is 175 Å². The number of carbonyl (C=O) groups excluding carboxylic acids is 1. The highest BCUT2D eigenvalue weighted by atomic mass is 32.2. The zero-order valence-corrected chi connectivity index (χ0v) is 16.6. The molecule has 1 amide bonds. The SMILES string of the molecule is O=C1/C(=C/c2cnn(-c3ccc([N+](=O)[O-])cc3)c2)SC(=S)N1Cc1ccccc1. The molecule has 2 aromatic carbocycles. The Bertz CT molecular complexity index is 1120. The molecule has 4 rings (SSSR count). The second-order valence-corrected chi connectivity index (χ2v) is 7.92. The summed E-state index contributed by atoms with van der Waals surface area (Å²) in [6.45, 7) is 0.435. The fourth-order valence-corrected chi connectivity index (χ4v) is 4.09. The van der Waals surface area contributed by atoms with Crippen molar-refractivity contribution in [2.45, 2.75) is 6.54 Å². The molecule has 3 aromatic rings. The molecule has 0 N–H and O–H groups in total. The third kappa shape index (κ3) is 4.10. The van der Waals surface area contributed by atoms with Crippen LogP contribution in [-0.2, 0) is 11.3 Å². The van der Waals surface area contributed by atoms with Gasteiger partial charge in [-0.25, -0.2) is 4.68 Å². The molecule has 1 aliphatic heterocycles. The number of nitrogens with zero attached hydrogens (tertiary/aromatic N) is 4. The first-order valence-corrected chi connectivity index (χ1v) is 9.82. The van der Waals surface area contributed by atoms with Gasteiger partial charge in [0.1, 0.15) is 4.32 Å². The molecule has 7 nitrogen and oxygen atoms in total. The Morgan fingerprint density at radius 2 is 1.86 bits per heavy atom. The van der Waals surface area contributed by atoms with Crippen LogP contribution in [0.4, 0.5) is 5.69 Å². The molecule has 1 fully saturated rings. The predicted octanol–water partition coefficient (Wildman–Crippen LogP) is 4.18. The summed E-state index contributed by atoms with van der Waals surface area (Å²) in [5.74, 6) is -0.132. The maximum absolute atomic E-state index is 12.8. The van der Waals surface area contributed by atoms with Crippen LogP contribution in [0.15, 0.2) is 71.9 Å². The van der Waals surface area contributed by atoms with Gasteiger partial charge in [0.2, 0.25) is 0 Å². The Morgan fingerprint density at radius 3 is 2.55 bits per heavy atom. The molecule has 0 atom stereocenters. The van der Waals surface area contributed by atoms with E-state index >= 15 is 0 Å². The van der Waals surface area contributed by atoms with Gasteiger partial charge in [0.15, 0.2) is 0 Å². The molecule has 0 bridgehead atoms. The first-order chi connectivity index (χ1) is 14.0. The molecule has 0 aliphatic carbocycles. The van der Waals surface area contributed by atoms with Crippen LogP contribution in [0.5, 0.6) is 0 Å². The first-order valence-electron chi connectivity index (χ1n) is 8.60. The van der Waals surface area contributed by atoms with Crippen LogP contribution in [0.25, 0.3) is 11.8 Å². The van der Waals surface area contributed by atoms with E-state index in [-0.39, 0.29) is 11.6 Å². The number of thioether (sulfide) groups is 1. The van der Waals surface area contributed by atoms with Gasteiger partial charge >= 0.3 is 0 Å². The third-order valence-electron chi connectivity index (χ3n) is 4.28. The Morgan fingerprint density at radius 1 is 1.14 bits per heavy atom. The van der Waals surface area contributed by atoms with Gasteiger partial charge in [-0.1, -0.05) is 54.3 Å². The Hall–Kier alpha value is -3.30. The van der Waals surface area contributed by atoms with E-state index in [2.05, 4.69) is 5.10 Å². The molecular weight excluding hydrogens is 408 g/mol. The number of nitro groups is 1. The zero-order valence-electron chi connectivity index (χ0n) is 15.0. The molecule has 29 heavy (non-hydrogen) atoms. The van der Waals surface area contributed by atoms with E-state index < -0.39 is 4.92 Å². The van der Waals surface area contributed by atoms with Crippen LogP contribution in [0, 0.1) is 10.1 Å². The van der Waals surface area contributed by atoms with Gasteiger partial charge in [-0.2, -0.15) is 5.10 Å². The van der Waals surface area contributed by atoms with E-state index in [0.29, 0.717) is 21.5 Å². The van der Waals surface area contributed by atoms with Crippen LogP contribution in [-0.4, -0.2) is 29.8 Å². The van der Waals surface area contributed by atoms with Gasteiger partial charge in [-0.05, 0) is 23.8 Å². The van der Waals surface area contributed by atoms with E-state index in [1.807, 2.05) is 30.3 Å². The third-order valence-corrected chi connectivity index (χ3v) is 5.66. The summed E-state index contributed by atoms with van der Waals surface area (Å²) in [6.07, 6.45) is 5.13. The van der Waals surface area contributed by atoms with Crippen LogP contribution in [0.2, 0.25) is 0 Å². The Balaban J connectivity index is 1.52. The number of thiocarbonyl (C=S) groups is 1. The number of benzene rings is 2. The van der Waals surface area contributed by atoms with E-state index in [0.717, 1.165) is 11.1 Å². The van der Waals surface area contributed by atoms with Crippen LogP contribution in [0.1, 0.15) is 11.1 Å². The normalized spacial score (nSPS) is 15.3. The summed E-state index contributed by atoms with van der Waals surface area (Å²) >= 11 is 6.64. The average Bonchev–Trinajstić information content (AvgIpc) is 3.29. The average molecular weight is 422 g/mol. The molecule has 0 unspecified atom stereocenters. The number of aromatic nitrogens is 2. The van der Waals surface area contributed by atoms with Crippen molar-refractivity contribution in [2.75, 3.05) is 0 Å².